The number of nitrogens with zero attached hydrogens (tertiary/aromatic N) is 2. The van der Waals surface area contributed by atoms with Crippen LogP contribution in [0.1, 0.15) is 39.0 Å². The lowest BCUT2D eigenvalue weighted by atomic mass is 9.85. The van der Waals surface area contributed by atoms with Crippen molar-refractivity contribution in [1.82, 2.24) is 9.80 Å². The van der Waals surface area contributed by atoms with Gasteiger partial charge in [0.25, 0.3) is 0 Å². The van der Waals surface area contributed by atoms with Crippen LogP contribution in [-0.2, 0) is 4.74 Å². The van der Waals surface area contributed by atoms with Crippen LogP contribution in [-0.4, -0.2) is 60.8 Å². The molecule has 0 aromatic heterocycles. The molecule has 2 saturated heterocycles. The molecule has 98 valence electrons. The van der Waals surface area contributed by atoms with Crippen LogP contribution in [0.4, 0.5) is 0 Å². The summed E-state index contributed by atoms with van der Waals surface area (Å²) in [4.78, 5) is 5.54. The molecule has 3 fully saturated rings. The number of hydrogen-bond donors (Lipinski definition) is 0. The van der Waals surface area contributed by atoms with Gasteiger partial charge in [-0.2, -0.15) is 0 Å². The number of ether oxygens (including phenoxy) is 1. The number of piperazine rings is 1. The molecule has 0 aromatic carbocycles. The number of rotatable bonds is 3. The molecule has 0 spiro atoms. The largest absolute Gasteiger partial charge is 0.381 e. The zero-order valence-corrected chi connectivity index (χ0v) is 11.3. The summed E-state index contributed by atoms with van der Waals surface area (Å²) in [5, 5.41) is 0. The Morgan fingerprint density at radius 2 is 2.00 bits per heavy atom. The maximum Gasteiger partial charge on any atom is 0.0601 e. The Morgan fingerprint density at radius 3 is 2.71 bits per heavy atom. The van der Waals surface area contributed by atoms with Crippen molar-refractivity contribution >= 4 is 0 Å². The van der Waals surface area contributed by atoms with Crippen LogP contribution < -0.4 is 0 Å². The van der Waals surface area contributed by atoms with Crippen LogP contribution >= 0.6 is 0 Å². The molecule has 3 aliphatic rings. The molecule has 0 amide bonds. The summed E-state index contributed by atoms with van der Waals surface area (Å²) < 4.78 is 5.43. The third-order valence-corrected chi connectivity index (χ3v) is 5.18. The highest BCUT2D eigenvalue weighted by Gasteiger charge is 2.42. The van der Waals surface area contributed by atoms with E-state index in [2.05, 4.69) is 16.7 Å². The van der Waals surface area contributed by atoms with E-state index in [1.165, 1.54) is 51.7 Å². The van der Waals surface area contributed by atoms with Gasteiger partial charge in [0.05, 0.1) is 6.10 Å². The normalized spacial score (nSPS) is 43.4. The summed E-state index contributed by atoms with van der Waals surface area (Å²) in [6.07, 6.45) is 7.21. The van der Waals surface area contributed by atoms with Gasteiger partial charge in [0.2, 0.25) is 0 Å². The SMILES string of the molecule is CCC1CN2CCCC2CN1C1CC(OC)C1. The average molecular weight is 238 g/mol. The Bertz CT molecular complexity index is 265. The standard InChI is InChI=1S/C14H26N2O/c1-3-11-9-15-6-4-5-12(15)10-16(11)13-7-14(8-13)17-2/h11-14H,3-10H2,1-2H3. The second kappa shape index (κ2) is 4.87. The van der Waals surface area contributed by atoms with Gasteiger partial charge in [0.15, 0.2) is 0 Å². The molecule has 3 nitrogen and oxygen atoms in total. The van der Waals surface area contributed by atoms with E-state index in [9.17, 15) is 0 Å². The first-order chi connectivity index (χ1) is 8.31. The number of hydrogen-bond acceptors (Lipinski definition) is 3. The van der Waals surface area contributed by atoms with E-state index < -0.39 is 0 Å². The van der Waals surface area contributed by atoms with Crippen molar-refractivity contribution in [2.45, 2.75) is 63.3 Å². The summed E-state index contributed by atoms with van der Waals surface area (Å²) in [6.45, 7) is 6.33. The van der Waals surface area contributed by atoms with Crippen molar-refractivity contribution in [3.8, 4) is 0 Å². The zero-order chi connectivity index (χ0) is 11.8. The minimum Gasteiger partial charge on any atom is -0.381 e. The van der Waals surface area contributed by atoms with E-state index in [4.69, 9.17) is 4.74 Å². The minimum absolute atomic E-state index is 0.541. The summed E-state index contributed by atoms with van der Waals surface area (Å²) in [7, 11) is 1.85. The van der Waals surface area contributed by atoms with Gasteiger partial charge < -0.3 is 4.74 Å². The van der Waals surface area contributed by atoms with E-state index in [1.807, 2.05) is 7.11 Å². The van der Waals surface area contributed by atoms with Crippen molar-refractivity contribution in [2.75, 3.05) is 26.7 Å². The van der Waals surface area contributed by atoms with Crippen molar-refractivity contribution in [1.29, 1.82) is 0 Å². The molecular formula is C14H26N2O. The van der Waals surface area contributed by atoms with Gasteiger partial charge >= 0.3 is 0 Å². The fourth-order valence-corrected chi connectivity index (χ4v) is 3.92. The van der Waals surface area contributed by atoms with Crippen LogP contribution in [0.5, 0.6) is 0 Å². The highest BCUT2D eigenvalue weighted by Crippen LogP contribution is 2.34. The fraction of sp³-hybridized carbons (Fsp3) is 1.00. The molecule has 3 rings (SSSR count). The Hall–Kier alpha value is -0.120. The van der Waals surface area contributed by atoms with Gasteiger partial charge in [-0.1, -0.05) is 6.92 Å². The quantitative estimate of drug-likeness (QED) is 0.744. The lowest BCUT2D eigenvalue weighted by Crippen LogP contribution is -2.62. The highest BCUT2D eigenvalue weighted by molar-refractivity contribution is 4.98. The summed E-state index contributed by atoms with van der Waals surface area (Å²) in [5.41, 5.74) is 0. The smallest absolute Gasteiger partial charge is 0.0601 e. The van der Waals surface area contributed by atoms with E-state index in [0.717, 1.165) is 18.1 Å². The van der Waals surface area contributed by atoms with Gasteiger partial charge in [-0.3, -0.25) is 9.80 Å². The van der Waals surface area contributed by atoms with Crippen LogP contribution in [0.15, 0.2) is 0 Å². The van der Waals surface area contributed by atoms with Gasteiger partial charge in [-0.05, 0) is 38.6 Å². The molecule has 17 heavy (non-hydrogen) atoms. The highest BCUT2D eigenvalue weighted by atomic mass is 16.5. The number of methoxy groups -OCH3 is 1. The maximum atomic E-state index is 5.43. The van der Waals surface area contributed by atoms with Crippen molar-refractivity contribution in [3.05, 3.63) is 0 Å². The molecule has 1 saturated carbocycles. The first kappa shape index (κ1) is 11.9. The lowest BCUT2D eigenvalue weighted by molar-refractivity contribution is -0.0689. The van der Waals surface area contributed by atoms with E-state index in [-0.39, 0.29) is 0 Å². The lowest BCUT2D eigenvalue weighted by Gasteiger charge is -2.51. The Balaban J connectivity index is 1.62. The molecular weight excluding hydrogens is 212 g/mol. The third-order valence-electron chi connectivity index (χ3n) is 5.18. The van der Waals surface area contributed by atoms with E-state index in [1.54, 1.807) is 0 Å². The van der Waals surface area contributed by atoms with Gasteiger partial charge in [-0.15, -0.1) is 0 Å². The van der Waals surface area contributed by atoms with Crippen molar-refractivity contribution in [3.63, 3.8) is 0 Å². The topological polar surface area (TPSA) is 15.7 Å². The fourth-order valence-electron chi connectivity index (χ4n) is 3.92. The maximum absolute atomic E-state index is 5.43. The molecule has 3 heteroatoms. The third kappa shape index (κ3) is 2.13. The average Bonchev–Trinajstić information content (AvgIpc) is 2.73. The zero-order valence-electron chi connectivity index (χ0n) is 11.3. The molecule has 2 aliphatic heterocycles. The number of fused-ring (bicyclic) bond motifs is 1. The molecule has 0 aromatic rings. The van der Waals surface area contributed by atoms with Gasteiger partial charge in [0.1, 0.15) is 0 Å². The summed E-state index contributed by atoms with van der Waals surface area (Å²) in [6, 6.07) is 2.47. The van der Waals surface area contributed by atoms with Crippen molar-refractivity contribution < 1.29 is 4.74 Å². The molecule has 2 unspecified atom stereocenters. The van der Waals surface area contributed by atoms with Crippen LogP contribution in [0.2, 0.25) is 0 Å². The molecule has 2 atom stereocenters. The molecule has 1 aliphatic carbocycles. The summed E-state index contributed by atoms with van der Waals surface area (Å²) in [5.74, 6) is 0. The second-order valence-corrected chi connectivity index (χ2v) is 6.03. The molecule has 0 N–H and O–H groups in total. The van der Waals surface area contributed by atoms with Gasteiger partial charge in [-0.25, -0.2) is 0 Å². The van der Waals surface area contributed by atoms with Crippen LogP contribution in [0.25, 0.3) is 0 Å². The first-order valence-corrected chi connectivity index (χ1v) is 7.34. The van der Waals surface area contributed by atoms with E-state index in [0.29, 0.717) is 6.10 Å². The predicted molar refractivity (Wildman–Crippen MR) is 69.2 cm³/mol. The Labute approximate surface area is 105 Å². The first-order valence-electron chi connectivity index (χ1n) is 7.34. The monoisotopic (exact) mass is 238 g/mol. The summed E-state index contributed by atoms with van der Waals surface area (Å²) >= 11 is 0. The molecule has 2 heterocycles. The predicted octanol–water partition coefficient (Wildman–Crippen LogP) is 1.72. The van der Waals surface area contributed by atoms with Gasteiger partial charge in [0, 0.05) is 38.3 Å². The second-order valence-electron chi connectivity index (χ2n) is 6.03. The van der Waals surface area contributed by atoms with Crippen molar-refractivity contribution in [2.24, 2.45) is 0 Å². The Morgan fingerprint density at radius 1 is 1.18 bits per heavy atom. The van der Waals surface area contributed by atoms with Crippen LogP contribution in [0, 0.1) is 0 Å². The van der Waals surface area contributed by atoms with E-state index >= 15 is 0 Å². The molecule has 0 radical (unpaired) electrons. The molecule has 0 bridgehead atoms. The minimum atomic E-state index is 0.541. The van der Waals surface area contributed by atoms with Crippen LogP contribution in [0.3, 0.4) is 0 Å². The Kier molecular flexibility index (Phi) is 3.42.